The molecule has 1 N–H and O–H groups in total. The Kier molecular flexibility index (Phi) is 6.59. The molecular weight excluding hydrogens is 379 g/mol. The van der Waals surface area contributed by atoms with Crippen LogP contribution in [0.1, 0.15) is 24.0 Å². The summed E-state index contributed by atoms with van der Waals surface area (Å²) in [4.78, 5) is 12.2. The molecule has 0 aliphatic carbocycles. The highest BCUT2D eigenvalue weighted by Gasteiger charge is 2.26. The van der Waals surface area contributed by atoms with E-state index in [9.17, 15) is 17.6 Å². The van der Waals surface area contributed by atoms with Crippen LogP contribution in [-0.2, 0) is 21.2 Å². The van der Waals surface area contributed by atoms with E-state index in [1.165, 1.54) is 22.5 Å². The summed E-state index contributed by atoms with van der Waals surface area (Å²) in [5.41, 5.74) is 1.69. The van der Waals surface area contributed by atoms with Gasteiger partial charge in [-0.25, -0.2) is 12.8 Å². The summed E-state index contributed by atoms with van der Waals surface area (Å²) in [5, 5.41) is 2.78. The molecule has 0 spiro atoms. The van der Waals surface area contributed by atoms with Gasteiger partial charge < -0.3 is 5.32 Å². The molecule has 1 fully saturated rings. The minimum Gasteiger partial charge on any atom is -0.352 e. The zero-order chi connectivity index (χ0) is 20.0. The number of halogens is 1. The lowest BCUT2D eigenvalue weighted by atomic mass is 10.1. The number of nitrogens with zero attached hydrogens (tertiary/aromatic N) is 1. The molecule has 1 aliphatic rings. The second-order valence-electron chi connectivity index (χ2n) is 6.68. The third kappa shape index (κ3) is 5.27. The second kappa shape index (κ2) is 9.12. The Hall–Kier alpha value is -2.51. The molecule has 1 amide bonds. The average molecular weight is 402 g/mol. The molecule has 5 nitrogen and oxygen atoms in total. The number of rotatable bonds is 7. The van der Waals surface area contributed by atoms with Gasteiger partial charge in [-0.2, -0.15) is 4.31 Å². The standard InChI is InChI=1S/C21H23FN2O3S/c22-19-8-3-17(4-9-19)7-12-21(25)23-14-13-18-5-10-20(11-6-18)28(26,27)24-15-1-2-16-24/h3-12H,1-2,13-16H2,(H,23,25)/b12-7+. The van der Waals surface area contributed by atoms with Gasteiger partial charge >= 0.3 is 0 Å². The molecule has 1 heterocycles. The fourth-order valence-corrected chi connectivity index (χ4v) is 4.56. The molecule has 0 bridgehead atoms. The fraction of sp³-hybridized carbons (Fsp3) is 0.286. The van der Waals surface area contributed by atoms with Crippen LogP contribution in [0, 0.1) is 5.82 Å². The quantitative estimate of drug-likeness (QED) is 0.724. The van der Waals surface area contributed by atoms with E-state index in [1.807, 2.05) is 0 Å². The Morgan fingerprint density at radius 3 is 2.32 bits per heavy atom. The van der Waals surface area contributed by atoms with Crippen molar-refractivity contribution >= 4 is 22.0 Å². The largest absolute Gasteiger partial charge is 0.352 e. The Balaban J connectivity index is 1.48. The van der Waals surface area contributed by atoms with E-state index in [2.05, 4.69) is 5.32 Å². The van der Waals surface area contributed by atoms with Crippen molar-refractivity contribution in [3.05, 3.63) is 71.6 Å². The number of hydrogen-bond acceptors (Lipinski definition) is 3. The van der Waals surface area contributed by atoms with Gasteiger partial charge in [0.15, 0.2) is 0 Å². The summed E-state index contributed by atoms with van der Waals surface area (Å²) in [6.45, 7) is 1.61. The molecule has 1 aliphatic heterocycles. The van der Waals surface area contributed by atoms with E-state index in [1.54, 1.807) is 42.5 Å². The zero-order valence-corrected chi connectivity index (χ0v) is 16.3. The van der Waals surface area contributed by atoms with Gasteiger partial charge in [-0.3, -0.25) is 4.79 Å². The van der Waals surface area contributed by atoms with E-state index < -0.39 is 10.0 Å². The van der Waals surface area contributed by atoms with Crippen LogP contribution in [-0.4, -0.2) is 38.3 Å². The van der Waals surface area contributed by atoms with Crippen molar-refractivity contribution in [3.8, 4) is 0 Å². The van der Waals surface area contributed by atoms with Crippen LogP contribution < -0.4 is 5.32 Å². The molecule has 2 aromatic carbocycles. The van der Waals surface area contributed by atoms with Gasteiger partial charge in [-0.1, -0.05) is 24.3 Å². The Morgan fingerprint density at radius 1 is 1.04 bits per heavy atom. The van der Waals surface area contributed by atoms with Crippen molar-refractivity contribution in [2.75, 3.05) is 19.6 Å². The Labute approximate surface area is 164 Å². The van der Waals surface area contributed by atoms with Gasteiger partial charge in [-0.15, -0.1) is 0 Å². The van der Waals surface area contributed by atoms with E-state index in [4.69, 9.17) is 0 Å². The number of benzene rings is 2. The van der Waals surface area contributed by atoms with Crippen molar-refractivity contribution in [2.45, 2.75) is 24.2 Å². The third-order valence-corrected chi connectivity index (χ3v) is 6.55. The summed E-state index contributed by atoms with van der Waals surface area (Å²) in [7, 11) is -3.39. The third-order valence-electron chi connectivity index (χ3n) is 4.64. The molecular formula is C21H23FN2O3S. The van der Waals surface area contributed by atoms with Crippen molar-refractivity contribution in [1.82, 2.24) is 9.62 Å². The second-order valence-corrected chi connectivity index (χ2v) is 8.62. The maximum absolute atomic E-state index is 12.8. The predicted octanol–water partition coefficient (Wildman–Crippen LogP) is 2.98. The van der Waals surface area contributed by atoms with Crippen LogP contribution >= 0.6 is 0 Å². The van der Waals surface area contributed by atoms with Crippen LogP contribution in [0.5, 0.6) is 0 Å². The Morgan fingerprint density at radius 2 is 1.68 bits per heavy atom. The lowest BCUT2D eigenvalue weighted by molar-refractivity contribution is -0.116. The smallest absolute Gasteiger partial charge is 0.244 e. The van der Waals surface area contributed by atoms with Gasteiger partial charge in [0, 0.05) is 25.7 Å². The molecule has 0 unspecified atom stereocenters. The molecule has 3 rings (SSSR count). The summed E-state index contributed by atoms with van der Waals surface area (Å²) in [6, 6.07) is 12.7. The summed E-state index contributed by atoms with van der Waals surface area (Å²) in [6.07, 6.45) is 5.44. The van der Waals surface area contributed by atoms with Crippen molar-refractivity contribution in [1.29, 1.82) is 0 Å². The maximum atomic E-state index is 12.8. The van der Waals surface area contributed by atoms with E-state index >= 15 is 0 Å². The van der Waals surface area contributed by atoms with Gasteiger partial charge in [0.2, 0.25) is 15.9 Å². The summed E-state index contributed by atoms with van der Waals surface area (Å²) < 4.78 is 39.4. The number of carbonyl (C=O) groups excluding carboxylic acids is 1. The first-order valence-corrected chi connectivity index (χ1v) is 10.7. The van der Waals surface area contributed by atoms with Gasteiger partial charge in [0.25, 0.3) is 0 Å². The van der Waals surface area contributed by atoms with Crippen LogP contribution in [0.25, 0.3) is 6.08 Å². The fourth-order valence-electron chi connectivity index (χ4n) is 3.04. The van der Waals surface area contributed by atoms with E-state index in [-0.39, 0.29) is 11.7 Å². The minimum absolute atomic E-state index is 0.238. The topological polar surface area (TPSA) is 66.5 Å². The first-order chi connectivity index (χ1) is 13.4. The molecule has 0 saturated carbocycles. The molecule has 148 valence electrons. The minimum atomic E-state index is -3.39. The molecule has 0 atom stereocenters. The first-order valence-electron chi connectivity index (χ1n) is 9.26. The summed E-state index contributed by atoms with van der Waals surface area (Å²) >= 11 is 0. The van der Waals surface area contributed by atoms with Crippen molar-refractivity contribution < 1.29 is 17.6 Å². The van der Waals surface area contributed by atoms with Crippen LogP contribution in [0.3, 0.4) is 0 Å². The highest BCUT2D eigenvalue weighted by molar-refractivity contribution is 7.89. The van der Waals surface area contributed by atoms with Gasteiger partial charge in [-0.05, 0) is 60.7 Å². The van der Waals surface area contributed by atoms with Crippen molar-refractivity contribution in [3.63, 3.8) is 0 Å². The van der Waals surface area contributed by atoms with Crippen LogP contribution in [0.15, 0.2) is 59.5 Å². The SMILES string of the molecule is O=C(/C=C/c1ccc(F)cc1)NCCc1ccc(S(=O)(=O)N2CCCC2)cc1. The van der Waals surface area contributed by atoms with Gasteiger partial charge in [0.1, 0.15) is 5.82 Å². The molecule has 0 radical (unpaired) electrons. The highest BCUT2D eigenvalue weighted by atomic mass is 32.2. The number of carbonyl (C=O) groups is 1. The van der Waals surface area contributed by atoms with E-state index in [0.717, 1.165) is 24.0 Å². The first kappa shape index (κ1) is 20.2. The average Bonchev–Trinajstić information content (AvgIpc) is 3.24. The monoisotopic (exact) mass is 402 g/mol. The summed E-state index contributed by atoms with van der Waals surface area (Å²) in [5.74, 6) is -0.557. The normalized spacial score (nSPS) is 15.2. The Bertz CT molecular complexity index is 933. The molecule has 0 aromatic heterocycles. The van der Waals surface area contributed by atoms with E-state index in [0.29, 0.717) is 31.0 Å². The highest BCUT2D eigenvalue weighted by Crippen LogP contribution is 2.21. The predicted molar refractivity (Wildman–Crippen MR) is 107 cm³/mol. The number of amides is 1. The van der Waals surface area contributed by atoms with Crippen LogP contribution in [0.4, 0.5) is 4.39 Å². The molecule has 2 aromatic rings. The molecule has 7 heteroatoms. The lowest BCUT2D eigenvalue weighted by Crippen LogP contribution is -2.27. The lowest BCUT2D eigenvalue weighted by Gasteiger charge is -2.15. The zero-order valence-electron chi connectivity index (χ0n) is 15.5. The molecule has 28 heavy (non-hydrogen) atoms. The molecule has 1 saturated heterocycles. The maximum Gasteiger partial charge on any atom is 0.244 e. The van der Waals surface area contributed by atoms with Crippen molar-refractivity contribution in [2.24, 2.45) is 0 Å². The number of nitrogens with one attached hydrogen (secondary N) is 1. The number of sulfonamides is 1. The van der Waals surface area contributed by atoms with Crippen LogP contribution in [0.2, 0.25) is 0 Å². The number of hydrogen-bond donors (Lipinski definition) is 1. The van der Waals surface area contributed by atoms with Gasteiger partial charge in [0.05, 0.1) is 4.90 Å².